The van der Waals surface area contributed by atoms with E-state index in [1.807, 2.05) is 0 Å². The number of carboxylic acid groups (broad SMARTS) is 1. The average Bonchev–Trinajstić information content (AvgIpc) is 2.64. The van der Waals surface area contributed by atoms with Crippen LogP contribution in [0.4, 0.5) is 11.6 Å². The second kappa shape index (κ2) is 12.9. The molecule has 1 amide bonds. The van der Waals surface area contributed by atoms with Gasteiger partial charge in [0.1, 0.15) is 0 Å². The van der Waals surface area contributed by atoms with Crippen LogP contribution < -0.4 is 16.8 Å². The van der Waals surface area contributed by atoms with Crippen molar-refractivity contribution in [2.24, 2.45) is 5.92 Å². The highest BCUT2D eigenvalue weighted by molar-refractivity contribution is 6.01. The van der Waals surface area contributed by atoms with E-state index >= 15 is 0 Å². The number of amides is 1. The Labute approximate surface area is 158 Å². The maximum Gasteiger partial charge on any atom is 0.373 e. The van der Waals surface area contributed by atoms with Gasteiger partial charge in [-0.2, -0.15) is 9.59 Å². The van der Waals surface area contributed by atoms with E-state index in [9.17, 15) is 14.4 Å². The maximum atomic E-state index is 12.1. The number of anilines is 2. The molecule has 0 spiro atoms. The van der Waals surface area contributed by atoms with Crippen molar-refractivity contribution in [3.63, 3.8) is 0 Å². The van der Waals surface area contributed by atoms with Crippen LogP contribution in [0.5, 0.6) is 0 Å². The lowest BCUT2D eigenvalue weighted by Gasteiger charge is -2.11. The van der Waals surface area contributed by atoms with E-state index in [0.717, 1.165) is 0 Å². The number of carbonyl (C=O) groups is 3. The smallest absolute Gasteiger partial charge is 0.373 e. The topological polar surface area (TPSA) is 236 Å². The van der Waals surface area contributed by atoms with Crippen molar-refractivity contribution >= 4 is 35.4 Å². The lowest BCUT2D eigenvalue weighted by molar-refractivity contribution is -0.191. The van der Waals surface area contributed by atoms with Gasteiger partial charge in [0.25, 0.3) is 5.91 Å². The molecule has 0 saturated carbocycles. The number of carbonyl (C=O) groups excluding carboxylic acids is 4. The van der Waals surface area contributed by atoms with Crippen molar-refractivity contribution in [2.45, 2.75) is 19.3 Å². The Kier molecular flexibility index (Phi) is 11.3. The summed E-state index contributed by atoms with van der Waals surface area (Å²) in [6.07, 6.45) is 0.272. The van der Waals surface area contributed by atoms with Gasteiger partial charge in [-0.3, -0.25) is 14.4 Å². The normalized spacial score (nSPS) is 10.8. The van der Waals surface area contributed by atoms with Crippen LogP contribution in [-0.4, -0.2) is 68.9 Å². The van der Waals surface area contributed by atoms with Crippen LogP contribution in [-0.2, 0) is 14.4 Å². The number of aliphatic hydroxyl groups excluding tert-OH is 2. The van der Waals surface area contributed by atoms with E-state index < -0.39 is 30.2 Å². The summed E-state index contributed by atoms with van der Waals surface area (Å²) in [4.78, 5) is 58.7. The number of nitrogens with one attached hydrogen (secondary N) is 1. The van der Waals surface area contributed by atoms with Crippen molar-refractivity contribution in [2.75, 3.05) is 31.2 Å². The molecule has 0 aliphatic carbocycles. The van der Waals surface area contributed by atoms with E-state index in [4.69, 9.17) is 36.4 Å². The third kappa shape index (κ3) is 7.86. The second-order valence-electron chi connectivity index (χ2n) is 5.29. The van der Waals surface area contributed by atoms with Gasteiger partial charge in [0.15, 0.2) is 28.8 Å². The summed E-state index contributed by atoms with van der Waals surface area (Å²) < 4.78 is 0. The number of hydrogen-bond donors (Lipinski definition) is 6. The molecule has 1 heterocycles. The molecule has 1 rings (SSSR count). The van der Waals surface area contributed by atoms with Crippen molar-refractivity contribution in [3.8, 4) is 0 Å². The van der Waals surface area contributed by atoms with Crippen LogP contribution >= 0.6 is 0 Å². The predicted molar refractivity (Wildman–Crippen MR) is 91.7 cm³/mol. The van der Waals surface area contributed by atoms with Gasteiger partial charge in [-0.1, -0.05) is 0 Å². The quantitative estimate of drug-likeness (QED) is 0.182. The molecule has 1 aromatic heterocycles. The summed E-state index contributed by atoms with van der Waals surface area (Å²) in [5.74, 6) is -4.13. The third-order valence-corrected chi connectivity index (χ3v) is 3.34. The molecule has 0 fully saturated rings. The zero-order valence-corrected chi connectivity index (χ0v) is 14.8. The van der Waals surface area contributed by atoms with Crippen molar-refractivity contribution in [3.05, 3.63) is 11.4 Å². The fraction of sp³-hybridized carbons (Fsp3) is 0.467. The predicted octanol–water partition coefficient (Wildman–Crippen LogP) is -2.17. The highest BCUT2D eigenvalue weighted by Crippen LogP contribution is 2.17. The van der Waals surface area contributed by atoms with E-state index in [1.165, 1.54) is 0 Å². The molecule has 154 valence electrons. The van der Waals surface area contributed by atoms with Gasteiger partial charge in [-0.15, -0.1) is 0 Å². The summed E-state index contributed by atoms with van der Waals surface area (Å²) in [6.45, 7) is -0.490. The number of ketones is 1. The Morgan fingerprint density at radius 1 is 1.07 bits per heavy atom. The minimum absolute atomic E-state index is 0.0950. The minimum Gasteiger partial charge on any atom is -0.481 e. The van der Waals surface area contributed by atoms with Gasteiger partial charge in [-0.25, -0.2) is 9.97 Å². The summed E-state index contributed by atoms with van der Waals surface area (Å²) in [7, 11) is 0. The summed E-state index contributed by atoms with van der Waals surface area (Å²) in [5.41, 5.74) is 10.8. The average molecular weight is 399 g/mol. The van der Waals surface area contributed by atoms with E-state index in [-0.39, 0.29) is 55.2 Å². The first kappa shape index (κ1) is 24.6. The van der Waals surface area contributed by atoms with Crippen molar-refractivity contribution in [1.29, 1.82) is 0 Å². The number of aliphatic hydroxyl groups is 2. The number of nitrogen functional groups attached to an aromatic ring is 2. The lowest BCUT2D eigenvalue weighted by Crippen LogP contribution is -2.28. The number of aliphatic carboxylic acids is 1. The minimum atomic E-state index is -1.22. The molecule has 0 radical (unpaired) electrons. The molecular formula is C15H21N5O8. The van der Waals surface area contributed by atoms with Gasteiger partial charge in [0.05, 0.1) is 12.5 Å². The second-order valence-corrected chi connectivity index (χ2v) is 5.29. The number of aromatic nitrogens is 2. The summed E-state index contributed by atoms with van der Waals surface area (Å²) >= 11 is 0. The molecule has 0 saturated heterocycles. The van der Waals surface area contributed by atoms with Crippen LogP contribution in [0.2, 0.25) is 0 Å². The van der Waals surface area contributed by atoms with Crippen LogP contribution in [0.15, 0.2) is 0 Å². The monoisotopic (exact) mass is 399 g/mol. The van der Waals surface area contributed by atoms with Gasteiger partial charge in [-0.05, 0) is 12.8 Å². The first-order valence-electron chi connectivity index (χ1n) is 7.91. The Morgan fingerprint density at radius 2 is 1.61 bits per heavy atom. The first-order chi connectivity index (χ1) is 13.2. The number of hydrogen-bond acceptors (Lipinski definition) is 11. The molecule has 1 aromatic rings. The Balaban J connectivity index is 0.00000227. The van der Waals surface area contributed by atoms with Crippen LogP contribution in [0.3, 0.4) is 0 Å². The van der Waals surface area contributed by atoms with Crippen molar-refractivity contribution < 1.29 is 39.3 Å². The lowest BCUT2D eigenvalue weighted by atomic mass is 10.0. The van der Waals surface area contributed by atoms with Crippen LogP contribution in [0, 0.1) is 5.92 Å². The maximum absolute atomic E-state index is 12.1. The molecule has 13 nitrogen and oxygen atoms in total. The molecular weight excluding hydrogens is 378 g/mol. The van der Waals surface area contributed by atoms with Gasteiger partial charge < -0.3 is 32.1 Å². The largest absolute Gasteiger partial charge is 0.481 e. The van der Waals surface area contributed by atoms with Gasteiger partial charge >= 0.3 is 12.1 Å². The summed E-state index contributed by atoms with van der Waals surface area (Å²) in [5, 5.41) is 28.9. The Morgan fingerprint density at radius 3 is 2.11 bits per heavy atom. The molecule has 8 N–H and O–H groups in total. The Bertz CT molecular complexity index is 733. The first-order valence-corrected chi connectivity index (χ1v) is 7.91. The molecule has 13 heteroatoms. The van der Waals surface area contributed by atoms with E-state index in [2.05, 4.69) is 15.3 Å². The molecule has 1 atom stereocenters. The van der Waals surface area contributed by atoms with Crippen molar-refractivity contribution in [1.82, 2.24) is 15.3 Å². The van der Waals surface area contributed by atoms with Crippen LogP contribution in [0.25, 0.3) is 0 Å². The molecule has 0 aliphatic heterocycles. The number of rotatable bonds is 10. The zero-order valence-electron chi connectivity index (χ0n) is 14.8. The van der Waals surface area contributed by atoms with Gasteiger partial charge in [0.2, 0.25) is 0 Å². The number of carboxylic acids is 1. The SMILES string of the molecule is Nc1nc(C(=O)NCCCO)c(N)nc1C(=O)CC[C@H](CO)C(=O)O.O=C=O. The third-order valence-electron chi connectivity index (χ3n) is 3.34. The van der Waals surface area contributed by atoms with Crippen LogP contribution in [0.1, 0.15) is 40.2 Å². The molecule has 0 bridgehead atoms. The number of nitrogens with zero attached hydrogens (tertiary/aromatic N) is 2. The number of nitrogens with two attached hydrogens (primary N) is 2. The highest BCUT2D eigenvalue weighted by Gasteiger charge is 2.23. The zero-order chi connectivity index (χ0) is 21.7. The number of Topliss-reactive ketones (excluding diaryl/α,β-unsaturated/α-hetero) is 1. The standard InChI is InChI=1S/C14H21N5O6.CO2/c15-11-9(8(22)3-2-7(6-21)14(24)25)18-12(16)10(19-11)13(23)17-4-1-5-20;2-1-3/h7,20-21H,1-6H2,(H2,15,19)(H2,16,18)(H,17,23)(H,24,25);/t7-;/m1./s1. The Hall–Kier alpha value is -3.41. The molecule has 28 heavy (non-hydrogen) atoms. The van der Waals surface area contributed by atoms with Gasteiger partial charge in [0, 0.05) is 19.6 Å². The molecule has 0 aliphatic rings. The van der Waals surface area contributed by atoms with E-state index in [1.54, 1.807) is 0 Å². The fourth-order valence-corrected chi connectivity index (χ4v) is 1.91. The van der Waals surface area contributed by atoms with E-state index in [0.29, 0.717) is 6.42 Å². The fourth-order valence-electron chi connectivity index (χ4n) is 1.91. The highest BCUT2D eigenvalue weighted by atomic mass is 16.4. The molecule has 0 unspecified atom stereocenters. The molecule has 0 aromatic carbocycles. The summed E-state index contributed by atoms with van der Waals surface area (Å²) in [6, 6.07) is 0.